The number of carbonyl (C=O) groups is 1. The summed E-state index contributed by atoms with van der Waals surface area (Å²) in [5.41, 5.74) is 3.28. The van der Waals surface area contributed by atoms with Gasteiger partial charge in [0.15, 0.2) is 0 Å². The third kappa shape index (κ3) is 3.88. The first-order valence-electron chi connectivity index (χ1n) is 9.55. The fraction of sp³-hybridized carbons (Fsp3) is 0.273. The Hall–Kier alpha value is -2.77. The molecule has 1 fully saturated rings. The number of para-hydroxylation sites is 1. The van der Waals surface area contributed by atoms with Crippen molar-refractivity contribution in [2.75, 3.05) is 7.05 Å². The van der Waals surface area contributed by atoms with Gasteiger partial charge in [-0.05, 0) is 49.6 Å². The maximum atomic E-state index is 13.4. The zero-order valence-electron chi connectivity index (χ0n) is 16.4. The predicted molar refractivity (Wildman–Crippen MR) is 112 cm³/mol. The van der Waals surface area contributed by atoms with E-state index in [9.17, 15) is 13.2 Å². The fourth-order valence-corrected chi connectivity index (χ4v) is 4.00. The quantitative estimate of drug-likeness (QED) is 0.697. The van der Waals surface area contributed by atoms with E-state index in [1.165, 1.54) is 12.1 Å². The van der Waals surface area contributed by atoms with Gasteiger partial charge in [-0.25, -0.2) is 13.6 Å². The minimum absolute atomic E-state index is 0.0524. The third-order valence-corrected chi connectivity index (χ3v) is 6.48. The number of carbonyl (C=O) groups excluding carboxylic acids is 1. The smallest absolute Gasteiger partial charge is 0.254 e. The monoisotopic (exact) mass is 409 g/mol. The van der Waals surface area contributed by atoms with Crippen molar-refractivity contribution in [3.63, 3.8) is 0 Å². The number of pyridine rings is 1. The van der Waals surface area contributed by atoms with Gasteiger partial charge in [-0.1, -0.05) is 30.3 Å². The van der Waals surface area contributed by atoms with Crippen molar-refractivity contribution >= 4 is 26.8 Å². The standard InChI is InChI=1S/C22H23N3O3S/c1-14(15-9-11-17(12-10-15)29(23,27)28)25(2)22(26)19-13-21(16-7-8-16)24-20-6-4-3-5-18(19)20/h3-6,9-14,16H,7-8H2,1-2H3,(H2,23,27,28). The molecule has 1 amide bonds. The third-order valence-electron chi connectivity index (χ3n) is 5.55. The maximum Gasteiger partial charge on any atom is 0.254 e. The van der Waals surface area contributed by atoms with Crippen LogP contribution in [0.2, 0.25) is 0 Å². The molecule has 1 aromatic heterocycles. The van der Waals surface area contributed by atoms with E-state index < -0.39 is 10.0 Å². The van der Waals surface area contributed by atoms with E-state index in [1.807, 2.05) is 37.3 Å². The summed E-state index contributed by atoms with van der Waals surface area (Å²) < 4.78 is 22.9. The highest BCUT2D eigenvalue weighted by Crippen LogP contribution is 2.40. The van der Waals surface area contributed by atoms with Crippen molar-refractivity contribution in [2.45, 2.75) is 36.6 Å². The fourth-order valence-electron chi connectivity index (χ4n) is 3.49. The molecule has 1 heterocycles. The van der Waals surface area contributed by atoms with Crippen LogP contribution in [0.4, 0.5) is 0 Å². The number of rotatable bonds is 5. The van der Waals surface area contributed by atoms with Gasteiger partial charge in [0.1, 0.15) is 0 Å². The largest absolute Gasteiger partial charge is 0.335 e. The number of fused-ring (bicyclic) bond motifs is 1. The first-order chi connectivity index (χ1) is 13.8. The first-order valence-corrected chi connectivity index (χ1v) is 11.1. The second-order valence-corrected chi connectivity index (χ2v) is 9.15. The van der Waals surface area contributed by atoms with Gasteiger partial charge in [0.05, 0.1) is 22.0 Å². The molecule has 150 valence electrons. The molecular formula is C22H23N3O3S. The molecule has 0 saturated heterocycles. The maximum absolute atomic E-state index is 13.4. The number of amides is 1. The number of nitrogens with two attached hydrogens (primary N) is 1. The van der Waals surface area contributed by atoms with Crippen molar-refractivity contribution in [3.8, 4) is 0 Å². The summed E-state index contributed by atoms with van der Waals surface area (Å²) in [6.45, 7) is 1.91. The van der Waals surface area contributed by atoms with E-state index in [1.54, 1.807) is 24.1 Å². The van der Waals surface area contributed by atoms with Gasteiger partial charge < -0.3 is 4.90 Å². The molecule has 6 nitrogen and oxygen atoms in total. The lowest BCUT2D eigenvalue weighted by Gasteiger charge is -2.26. The van der Waals surface area contributed by atoms with Gasteiger partial charge >= 0.3 is 0 Å². The molecule has 29 heavy (non-hydrogen) atoms. The van der Waals surface area contributed by atoms with E-state index in [2.05, 4.69) is 0 Å². The molecule has 0 aliphatic heterocycles. The number of aromatic nitrogens is 1. The van der Waals surface area contributed by atoms with E-state index in [-0.39, 0.29) is 16.8 Å². The molecule has 3 aromatic rings. The number of benzene rings is 2. The highest BCUT2D eigenvalue weighted by atomic mass is 32.2. The highest BCUT2D eigenvalue weighted by Gasteiger charge is 2.28. The summed E-state index contributed by atoms with van der Waals surface area (Å²) in [6, 6.07) is 15.7. The summed E-state index contributed by atoms with van der Waals surface area (Å²) in [5.74, 6) is 0.355. The summed E-state index contributed by atoms with van der Waals surface area (Å²) in [6.07, 6.45) is 2.23. The van der Waals surface area contributed by atoms with E-state index >= 15 is 0 Å². The lowest BCUT2D eigenvalue weighted by Crippen LogP contribution is -2.30. The van der Waals surface area contributed by atoms with Crippen molar-refractivity contribution in [1.29, 1.82) is 0 Å². The van der Waals surface area contributed by atoms with Crippen LogP contribution < -0.4 is 5.14 Å². The Bertz CT molecular complexity index is 1190. The summed E-state index contributed by atoms with van der Waals surface area (Å²) in [7, 11) is -1.99. The second kappa shape index (κ2) is 7.24. The number of hydrogen-bond acceptors (Lipinski definition) is 4. The molecule has 2 aromatic carbocycles. The minimum atomic E-state index is -3.74. The Morgan fingerprint density at radius 1 is 1.14 bits per heavy atom. The van der Waals surface area contributed by atoms with Crippen LogP contribution in [0, 0.1) is 0 Å². The Morgan fingerprint density at radius 3 is 2.41 bits per heavy atom. The lowest BCUT2D eigenvalue weighted by atomic mass is 10.0. The van der Waals surface area contributed by atoms with Crippen LogP contribution in [-0.4, -0.2) is 31.3 Å². The van der Waals surface area contributed by atoms with Crippen LogP contribution in [0.3, 0.4) is 0 Å². The van der Waals surface area contributed by atoms with Crippen LogP contribution >= 0.6 is 0 Å². The van der Waals surface area contributed by atoms with Crippen LogP contribution in [0.1, 0.15) is 53.3 Å². The van der Waals surface area contributed by atoms with Crippen LogP contribution in [0.5, 0.6) is 0 Å². The molecule has 1 aliphatic carbocycles. The topological polar surface area (TPSA) is 93.4 Å². The van der Waals surface area contributed by atoms with Gasteiger partial charge in [0, 0.05) is 24.0 Å². The minimum Gasteiger partial charge on any atom is -0.335 e. The molecule has 0 bridgehead atoms. The average molecular weight is 410 g/mol. The van der Waals surface area contributed by atoms with Gasteiger partial charge in [0.25, 0.3) is 5.91 Å². The molecule has 7 heteroatoms. The van der Waals surface area contributed by atoms with Gasteiger partial charge in [-0.2, -0.15) is 0 Å². The molecule has 1 unspecified atom stereocenters. The second-order valence-electron chi connectivity index (χ2n) is 7.59. The number of nitrogens with zero attached hydrogens (tertiary/aromatic N) is 2. The molecule has 1 aliphatic rings. The van der Waals surface area contributed by atoms with Gasteiger partial charge in [-0.3, -0.25) is 9.78 Å². The number of primary sulfonamides is 1. The molecule has 0 spiro atoms. The Balaban J connectivity index is 1.67. The van der Waals surface area contributed by atoms with Gasteiger partial charge in [0.2, 0.25) is 10.0 Å². The van der Waals surface area contributed by atoms with Crippen molar-refractivity contribution < 1.29 is 13.2 Å². The average Bonchev–Trinajstić information content (AvgIpc) is 3.56. The van der Waals surface area contributed by atoms with Crippen LogP contribution in [0.15, 0.2) is 59.5 Å². The lowest BCUT2D eigenvalue weighted by molar-refractivity contribution is 0.0744. The molecule has 4 rings (SSSR count). The molecular weight excluding hydrogens is 386 g/mol. The van der Waals surface area contributed by atoms with E-state index in [0.29, 0.717) is 11.5 Å². The van der Waals surface area contributed by atoms with Crippen LogP contribution in [0.25, 0.3) is 10.9 Å². The van der Waals surface area contributed by atoms with Crippen molar-refractivity contribution in [2.24, 2.45) is 5.14 Å². The molecule has 0 radical (unpaired) electrons. The Kier molecular flexibility index (Phi) is 4.88. The first kappa shape index (κ1) is 19.5. The summed E-state index contributed by atoms with van der Waals surface area (Å²) in [4.78, 5) is 19.8. The summed E-state index contributed by atoms with van der Waals surface area (Å²) >= 11 is 0. The van der Waals surface area contributed by atoms with E-state index in [4.69, 9.17) is 10.1 Å². The highest BCUT2D eigenvalue weighted by molar-refractivity contribution is 7.89. The van der Waals surface area contributed by atoms with E-state index in [0.717, 1.165) is 35.0 Å². The van der Waals surface area contributed by atoms with Gasteiger partial charge in [-0.15, -0.1) is 0 Å². The molecule has 1 atom stereocenters. The zero-order chi connectivity index (χ0) is 20.8. The Morgan fingerprint density at radius 2 is 1.79 bits per heavy atom. The Labute approximate surface area is 170 Å². The van der Waals surface area contributed by atoms with Crippen molar-refractivity contribution in [1.82, 2.24) is 9.88 Å². The van der Waals surface area contributed by atoms with Crippen LogP contribution in [-0.2, 0) is 10.0 Å². The normalized spacial score (nSPS) is 15.3. The van der Waals surface area contributed by atoms with Crippen molar-refractivity contribution in [3.05, 3.63) is 71.4 Å². The molecule has 2 N–H and O–H groups in total. The zero-order valence-corrected chi connectivity index (χ0v) is 17.2. The molecule has 1 saturated carbocycles. The number of sulfonamides is 1. The number of hydrogen-bond donors (Lipinski definition) is 1. The SMILES string of the molecule is CC(c1ccc(S(N)(=O)=O)cc1)N(C)C(=O)c1cc(C2CC2)nc2ccccc12. The predicted octanol–water partition coefficient (Wildman–Crippen LogP) is 3.59. The summed E-state index contributed by atoms with van der Waals surface area (Å²) in [5, 5.41) is 6.00.